The van der Waals surface area contributed by atoms with E-state index in [4.69, 9.17) is 5.73 Å². The number of hydrogen-bond donors (Lipinski definition) is 1. The highest BCUT2D eigenvalue weighted by Gasteiger charge is 2.14. The molecule has 0 aliphatic heterocycles. The van der Waals surface area contributed by atoms with Crippen LogP contribution in [0.4, 0.5) is 0 Å². The molecule has 0 saturated carbocycles. The van der Waals surface area contributed by atoms with Crippen molar-refractivity contribution in [2.24, 2.45) is 11.1 Å². The molecule has 1 heterocycles. The van der Waals surface area contributed by atoms with Crippen LogP contribution in [0.5, 0.6) is 0 Å². The molecule has 1 aromatic carbocycles. The molecule has 102 valence electrons. The van der Waals surface area contributed by atoms with E-state index in [-0.39, 0.29) is 11.0 Å². The molecule has 0 spiro atoms. The van der Waals surface area contributed by atoms with Gasteiger partial charge in [-0.25, -0.2) is 0 Å². The molecule has 1 aromatic heterocycles. The Hall–Kier alpha value is -1.61. The predicted octanol–water partition coefficient (Wildman–Crippen LogP) is 2.77. The molecule has 19 heavy (non-hydrogen) atoms. The summed E-state index contributed by atoms with van der Waals surface area (Å²) in [5.41, 5.74) is 5.98. The maximum Gasteiger partial charge on any atom is 0.258 e. The van der Waals surface area contributed by atoms with Gasteiger partial charge in [0.25, 0.3) is 5.56 Å². The molecule has 0 aliphatic rings. The highest BCUT2D eigenvalue weighted by molar-refractivity contribution is 5.81. The van der Waals surface area contributed by atoms with Gasteiger partial charge in [-0.15, -0.1) is 0 Å². The van der Waals surface area contributed by atoms with Crippen molar-refractivity contribution in [3.05, 3.63) is 46.9 Å². The van der Waals surface area contributed by atoms with E-state index in [9.17, 15) is 4.79 Å². The van der Waals surface area contributed by atoms with Gasteiger partial charge >= 0.3 is 0 Å². The Morgan fingerprint density at radius 2 is 1.95 bits per heavy atom. The number of pyridine rings is 1. The van der Waals surface area contributed by atoms with E-state index in [1.807, 2.05) is 36.5 Å². The Labute approximate surface area is 114 Å². The lowest BCUT2D eigenvalue weighted by Gasteiger charge is -2.22. The summed E-state index contributed by atoms with van der Waals surface area (Å²) in [7, 11) is 0. The first kappa shape index (κ1) is 13.8. The monoisotopic (exact) mass is 258 g/mol. The van der Waals surface area contributed by atoms with Crippen LogP contribution in [0.25, 0.3) is 10.8 Å². The fraction of sp³-hybridized carbons (Fsp3) is 0.438. The average molecular weight is 258 g/mol. The van der Waals surface area contributed by atoms with Crippen LogP contribution in [0, 0.1) is 5.41 Å². The lowest BCUT2D eigenvalue weighted by molar-refractivity contribution is 0.327. The number of aryl methyl sites for hydroxylation is 1. The zero-order valence-corrected chi connectivity index (χ0v) is 11.7. The van der Waals surface area contributed by atoms with Gasteiger partial charge in [0.1, 0.15) is 0 Å². The molecule has 0 fully saturated rings. The molecule has 0 saturated heterocycles. The molecule has 2 rings (SSSR count). The van der Waals surface area contributed by atoms with Gasteiger partial charge in [0, 0.05) is 18.1 Å². The van der Waals surface area contributed by atoms with Gasteiger partial charge in [0.05, 0.1) is 0 Å². The SMILES string of the molecule is CC(C)(CN)CCCn1ccc2ccccc2c1=O. The van der Waals surface area contributed by atoms with Crippen molar-refractivity contribution in [1.29, 1.82) is 0 Å². The maximum atomic E-state index is 12.3. The van der Waals surface area contributed by atoms with E-state index in [1.54, 1.807) is 4.57 Å². The summed E-state index contributed by atoms with van der Waals surface area (Å²) < 4.78 is 1.80. The van der Waals surface area contributed by atoms with Gasteiger partial charge in [-0.05, 0) is 42.3 Å². The van der Waals surface area contributed by atoms with E-state index in [1.165, 1.54) is 0 Å². The minimum Gasteiger partial charge on any atom is -0.330 e. The number of nitrogens with zero attached hydrogens (tertiary/aromatic N) is 1. The molecule has 3 heteroatoms. The number of rotatable bonds is 5. The second kappa shape index (κ2) is 5.57. The fourth-order valence-corrected chi connectivity index (χ4v) is 2.24. The highest BCUT2D eigenvalue weighted by atomic mass is 16.1. The number of benzene rings is 1. The fourth-order valence-electron chi connectivity index (χ4n) is 2.24. The zero-order chi connectivity index (χ0) is 13.9. The molecule has 0 radical (unpaired) electrons. The van der Waals surface area contributed by atoms with Gasteiger partial charge < -0.3 is 10.3 Å². The second-order valence-corrected chi connectivity index (χ2v) is 5.87. The minimum absolute atomic E-state index is 0.101. The van der Waals surface area contributed by atoms with Crippen LogP contribution >= 0.6 is 0 Å². The van der Waals surface area contributed by atoms with E-state index >= 15 is 0 Å². The average Bonchev–Trinajstić information content (AvgIpc) is 2.42. The van der Waals surface area contributed by atoms with Gasteiger partial charge in [-0.1, -0.05) is 32.0 Å². The van der Waals surface area contributed by atoms with Gasteiger partial charge in [0.15, 0.2) is 0 Å². The van der Waals surface area contributed by atoms with Crippen molar-refractivity contribution in [3.63, 3.8) is 0 Å². The highest BCUT2D eigenvalue weighted by Crippen LogP contribution is 2.20. The summed E-state index contributed by atoms with van der Waals surface area (Å²) in [6.45, 7) is 5.76. The summed E-state index contributed by atoms with van der Waals surface area (Å²) in [6.07, 6.45) is 3.89. The van der Waals surface area contributed by atoms with Crippen LogP contribution in [0.15, 0.2) is 41.3 Å². The second-order valence-electron chi connectivity index (χ2n) is 5.87. The lowest BCUT2D eigenvalue weighted by Crippen LogP contribution is -2.25. The third-order valence-corrected chi connectivity index (χ3v) is 3.69. The Bertz CT molecular complexity index is 613. The molecule has 0 bridgehead atoms. The van der Waals surface area contributed by atoms with Gasteiger partial charge in [0.2, 0.25) is 0 Å². The van der Waals surface area contributed by atoms with Crippen LogP contribution in [-0.4, -0.2) is 11.1 Å². The molecular weight excluding hydrogens is 236 g/mol. The van der Waals surface area contributed by atoms with Crippen LogP contribution in [-0.2, 0) is 6.54 Å². The van der Waals surface area contributed by atoms with Gasteiger partial charge in [-0.2, -0.15) is 0 Å². The summed E-state index contributed by atoms with van der Waals surface area (Å²) in [5.74, 6) is 0. The normalized spacial score (nSPS) is 11.9. The van der Waals surface area contributed by atoms with Crippen molar-refractivity contribution in [1.82, 2.24) is 4.57 Å². The standard InChI is InChI=1S/C16H22N2O/c1-16(2,12-17)9-5-10-18-11-8-13-6-3-4-7-14(13)15(18)19/h3-4,6-8,11H,5,9-10,12,17H2,1-2H3. The number of fused-ring (bicyclic) bond motifs is 1. The first-order chi connectivity index (χ1) is 9.03. The predicted molar refractivity (Wildman–Crippen MR) is 80.3 cm³/mol. The van der Waals surface area contributed by atoms with Crippen LogP contribution in [0.1, 0.15) is 26.7 Å². The zero-order valence-electron chi connectivity index (χ0n) is 11.7. The summed E-state index contributed by atoms with van der Waals surface area (Å²) in [5, 5.41) is 1.80. The molecule has 2 aromatic rings. The van der Waals surface area contributed by atoms with Crippen molar-refractivity contribution >= 4 is 10.8 Å². The molecule has 0 aliphatic carbocycles. The van der Waals surface area contributed by atoms with Crippen LogP contribution in [0.3, 0.4) is 0 Å². The molecule has 2 N–H and O–H groups in total. The van der Waals surface area contributed by atoms with Crippen molar-refractivity contribution < 1.29 is 0 Å². The Morgan fingerprint density at radius 1 is 1.21 bits per heavy atom. The van der Waals surface area contributed by atoms with Gasteiger partial charge in [-0.3, -0.25) is 4.79 Å². The van der Waals surface area contributed by atoms with Crippen molar-refractivity contribution in [2.75, 3.05) is 6.54 Å². The minimum atomic E-state index is 0.101. The number of aromatic nitrogens is 1. The molecule has 3 nitrogen and oxygen atoms in total. The van der Waals surface area contributed by atoms with Crippen molar-refractivity contribution in [2.45, 2.75) is 33.2 Å². The molecule has 0 unspecified atom stereocenters. The van der Waals surface area contributed by atoms with Crippen LogP contribution in [0.2, 0.25) is 0 Å². The molecule has 0 amide bonds. The summed E-state index contributed by atoms with van der Waals surface area (Å²) >= 11 is 0. The third kappa shape index (κ3) is 3.24. The third-order valence-electron chi connectivity index (χ3n) is 3.69. The van der Waals surface area contributed by atoms with Crippen molar-refractivity contribution in [3.8, 4) is 0 Å². The smallest absolute Gasteiger partial charge is 0.258 e. The van der Waals surface area contributed by atoms with Crippen LogP contribution < -0.4 is 11.3 Å². The first-order valence-corrected chi connectivity index (χ1v) is 6.82. The Morgan fingerprint density at radius 3 is 2.68 bits per heavy atom. The topological polar surface area (TPSA) is 48.0 Å². The summed E-state index contributed by atoms with van der Waals surface area (Å²) in [6, 6.07) is 9.73. The molecular formula is C16H22N2O. The van der Waals surface area contributed by atoms with E-state index in [0.717, 1.165) is 30.2 Å². The largest absolute Gasteiger partial charge is 0.330 e. The Balaban J connectivity index is 2.14. The van der Waals surface area contributed by atoms with E-state index in [0.29, 0.717) is 6.54 Å². The van der Waals surface area contributed by atoms with E-state index in [2.05, 4.69) is 13.8 Å². The van der Waals surface area contributed by atoms with E-state index < -0.39 is 0 Å². The Kier molecular flexibility index (Phi) is 4.05. The first-order valence-electron chi connectivity index (χ1n) is 6.82. The summed E-state index contributed by atoms with van der Waals surface area (Å²) in [4.78, 5) is 12.3. The quantitative estimate of drug-likeness (QED) is 0.896. The lowest BCUT2D eigenvalue weighted by atomic mass is 9.88. The number of hydrogen-bond acceptors (Lipinski definition) is 2. The maximum absolute atomic E-state index is 12.3. The number of nitrogens with two attached hydrogens (primary N) is 1. The molecule has 0 atom stereocenters.